The number of nitrogens with one attached hydrogen (secondary N) is 1. The van der Waals surface area contributed by atoms with Crippen molar-refractivity contribution in [1.29, 1.82) is 0 Å². The first kappa shape index (κ1) is 18.8. The third kappa shape index (κ3) is 5.51. The number of rotatable bonds is 6. The SMILES string of the molecule is CC1=C(C(=O)NC(CC(=O)O)c2ccc(OC(F)(F)F)cc2)CCC1. The van der Waals surface area contributed by atoms with Crippen LogP contribution in [-0.2, 0) is 9.59 Å². The lowest BCUT2D eigenvalue weighted by Crippen LogP contribution is -2.31. The van der Waals surface area contributed by atoms with Crippen molar-refractivity contribution in [3.8, 4) is 5.75 Å². The molecule has 1 atom stereocenters. The standard InChI is InChI=1S/C17H18F3NO4/c1-10-3-2-4-13(10)16(24)21-14(9-15(22)23)11-5-7-12(8-6-11)25-17(18,19)20/h5-8,14H,2-4,9H2,1H3,(H,21,24)(H,22,23). The number of carbonyl (C=O) groups excluding carboxylic acids is 1. The van der Waals surface area contributed by atoms with E-state index >= 15 is 0 Å². The molecule has 0 fully saturated rings. The van der Waals surface area contributed by atoms with Gasteiger partial charge in [0.1, 0.15) is 5.75 Å². The van der Waals surface area contributed by atoms with Gasteiger partial charge in [-0.25, -0.2) is 0 Å². The number of allylic oxidation sites excluding steroid dienone is 1. The number of amides is 1. The van der Waals surface area contributed by atoms with E-state index in [0.29, 0.717) is 17.6 Å². The van der Waals surface area contributed by atoms with Crippen LogP contribution in [0, 0.1) is 0 Å². The smallest absolute Gasteiger partial charge is 0.481 e. The summed E-state index contributed by atoms with van der Waals surface area (Å²) in [5.41, 5.74) is 2.01. The highest BCUT2D eigenvalue weighted by atomic mass is 19.4. The van der Waals surface area contributed by atoms with E-state index in [2.05, 4.69) is 10.1 Å². The van der Waals surface area contributed by atoms with E-state index in [9.17, 15) is 22.8 Å². The number of ether oxygens (including phenoxy) is 1. The molecule has 25 heavy (non-hydrogen) atoms. The van der Waals surface area contributed by atoms with Crippen LogP contribution in [0.25, 0.3) is 0 Å². The molecule has 1 aromatic rings. The van der Waals surface area contributed by atoms with Crippen LogP contribution in [0.1, 0.15) is 44.2 Å². The highest BCUT2D eigenvalue weighted by Gasteiger charge is 2.31. The molecule has 136 valence electrons. The van der Waals surface area contributed by atoms with Gasteiger partial charge in [-0.2, -0.15) is 0 Å². The van der Waals surface area contributed by atoms with Gasteiger partial charge in [-0.1, -0.05) is 17.7 Å². The molecule has 0 spiro atoms. The van der Waals surface area contributed by atoms with E-state index in [0.717, 1.165) is 30.5 Å². The summed E-state index contributed by atoms with van der Waals surface area (Å²) < 4.78 is 40.4. The maximum absolute atomic E-state index is 12.3. The van der Waals surface area contributed by atoms with Gasteiger partial charge in [0.05, 0.1) is 12.5 Å². The van der Waals surface area contributed by atoms with Crippen LogP contribution in [0.2, 0.25) is 0 Å². The average Bonchev–Trinajstić information content (AvgIpc) is 2.91. The quantitative estimate of drug-likeness (QED) is 0.814. The van der Waals surface area contributed by atoms with E-state index in [4.69, 9.17) is 5.11 Å². The van der Waals surface area contributed by atoms with E-state index in [-0.39, 0.29) is 12.3 Å². The molecule has 0 aliphatic heterocycles. The Kier molecular flexibility index (Phi) is 5.71. The third-order valence-electron chi connectivity index (χ3n) is 3.97. The summed E-state index contributed by atoms with van der Waals surface area (Å²) in [5.74, 6) is -1.87. The number of benzene rings is 1. The zero-order chi connectivity index (χ0) is 18.6. The molecule has 0 heterocycles. The molecule has 0 saturated heterocycles. The Bertz CT molecular complexity index is 680. The Hall–Kier alpha value is -2.51. The minimum atomic E-state index is -4.80. The molecule has 1 amide bonds. The zero-order valence-corrected chi connectivity index (χ0v) is 13.5. The van der Waals surface area contributed by atoms with Crippen molar-refractivity contribution in [2.45, 2.75) is 45.0 Å². The lowest BCUT2D eigenvalue weighted by molar-refractivity contribution is -0.274. The van der Waals surface area contributed by atoms with Crippen LogP contribution >= 0.6 is 0 Å². The molecule has 8 heteroatoms. The molecule has 2 rings (SSSR count). The Morgan fingerprint density at radius 2 is 1.88 bits per heavy atom. The molecular weight excluding hydrogens is 339 g/mol. The van der Waals surface area contributed by atoms with Crippen LogP contribution in [0.5, 0.6) is 5.75 Å². The van der Waals surface area contributed by atoms with E-state index in [1.165, 1.54) is 12.1 Å². The third-order valence-corrected chi connectivity index (χ3v) is 3.97. The van der Waals surface area contributed by atoms with Crippen molar-refractivity contribution in [2.75, 3.05) is 0 Å². The Balaban J connectivity index is 2.15. The highest BCUT2D eigenvalue weighted by molar-refractivity contribution is 5.95. The average molecular weight is 357 g/mol. The van der Waals surface area contributed by atoms with Crippen molar-refractivity contribution in [3.63, 3.8) is 0 Å². The second-order valence-corrected chi connectivity index (χ2v) is 5.85. The first-order chi connectivity index (χ1) is 11.7. The Morgan fingerprint density at radius 3 is 2.36 bits per heavy atom. The summed E-state index contributed by atoms with van der Waals surface area (Å²) in [6.45, 7) is 1.86. The van der Waals surface area contributed by atoms with Crippen LogP contribution < -0.4 is 10.1 Å². The summed E-state index contributed by atoms with van der Waals surface area (Å²) >= 11 is 0. The minimum Gasteiger partial charge on any atom is -0.481 e. The highest BCUT2D eigenvalue weighted by Crippen LogP contribution is 2.28. The molecule has 1 aliphatic rings. The van der Waals surface area contributed by atoms with E-state index in [1.807, 2.05) is 6.92 Å². The van der Waals surface area contributed by atoms with Crippen LogP contribution in [0.15, 0.2) is 35.4 Å². The number of halogens is 3. The van der Waals surface area contributed by atoms with Gasteiger partial charge in [0.2, 0.25) is 5.91 Å². The number of carboxylic acid groups (broad SMARTS) is 1. The lowest BCUT2D eigenvalue weighted by atomic mass is 10.0. The van der Waals surface area contributed by atoms with Crippen LogP contribution in [-0.4, -0.2) is 23.3 Å². The fraction of sp³-hybridized carbons (Fsp3) is 0.412. The lowest BCUT2D eigenvalue weighted by Gasteiger charge is -2.19. The number of hydrogen-bond acceptors (Lipinski definition) is 3. The monoisotopic (exact) mass is 357 g/mol. The van der Waals surface area contributed by atoms with Gasteiger partial charge in [-0.15, -0.1) is 13.2 Å². The normalized spacial score (nSPS) is 15.8. The maximum Gasteiger partial charge on any atom is 0.573 e. The minimum absolute atomic E-state index is 0.336. The molecular formula is C17H18F3NO4. The molecule has 0 aromatic heterocycles. The summed E-state index contributed by atoms with van der Waals surface area (Å²) in [6.07, 6.45) is -2.84. The summed E-state index contributed by atoms with van der Waals surface area (Å²) in [7, 11) is 0. The van der Waals surface area contributed by atoms with E-state index in [1.54, 1.807) is 0 Å². The van der Waals surface area contributed by atoms with Gasteiger partial charge in [-0.05, 0) is 43.9 Å². The fourth-order valence-electron chi connectivity index (χ4n) is 2.78. The fourth-order valence-corrected chi connectivity index (χ4v) is 2.78. The first-order valence-corrected chi connectivity index (χ1v) is 7.72. The molecule has 2 N–H and O–H groups in total. The molecule has 0 saturated carbocycles. The Labute approximate surface area is 142 Å². The number of aliphatic carboxylic acids is 1. The molecule has 0 radical (unpaired) electrons. The predicted octanol–water partition coefficient (Wildman–Crippen LogP) is 3.72. The van der Waals surface area contributed by atoms with Crippen molar-refractivity contribution >= 4 is 11.9 Å². The molecule has 0 bridgehead atoms. The largest absolute Gasteiger partial charge is 0.573 e. The first-order valence-electron chi connectivity index (χ1n) is 7.72. The van der Waals surface area contributed by atoms with Crippen LogP contribution in [0.3, 0.4) is 0 Å². The second-order valence-electron chi connectivity index (χ2n) is 5.85. The topological polar surface area (TPSA) is 75.6 Å². The van der Waals surface area contributed by atoms with Crippen molar-refractivity contribution in [1.82, 2.24) is 5.32 Å². The van der Waals surface area contributed by atoms with Crippen LogP contribution in [0.4, 0.5) is 13.2 Å². The molecule has 5 nitrogen and oxygen atoms in total. The number of carboxylic acids is 1. The van der Waals surface area contributed by atoms with Gasteiger partial charge in [0, 0.05) is 5.57 Å². The summed E-state index contributed by atoms with van der Waals surface area (Å²) in [4.78, 5) is 23.4. The molecule has 1 unspecified atom stereocenters. The molecule has 1 aliphatic carbocycles. The van der Waals surface area contributed by atoms with Gasteiger partial charge in [0.25, 0.3) is 0 Å². The summed E-state index contributed by atoms with van der Waals surface area (Å²) in [5, 5.41) is 11.7. The number of carbonyl (C=O) groups is 2. The number of hydrogen-bond donors (Lipinski definition) is 2. The predicted molar refractivity (Wildman–Crippen MR) is 82.8 cm³/mol. The van der Waals surface area contributed by atoms with Gasteiger partial charge < -0.3 is 15.2 Å². The number of alkyl halides is 3. The Morgan fingerprint density at radius 1 is 1.24 bits per heavy atom. The summed E-state index contributed by atoms with van der Waals surface area (Å²) in [6, 6.07) is 3.95. The van der Waals surface area contributed by atoms with Gasteiger partial charge in [0.15, 0.2) is 0 Å². The zero-order valence-electron chi connectivity index (χ0n) is 13.5. The van der Waals surface area contributed by atoms with E-state index < -0.39 is 24.1 Å². The van der Waals surface area contributed by atoms with Crippen molar-refractivity contribution in [3.05, 3.63) is 41.0 Å². The van der Waals surface area contributed by atoms with Gasteiger partial charge >= 0.3 is 12.3 Å². The molecule has 1 aromatic carbocycles. The maximum atomic E-state index is 12.3. The van der Waals surface area contributed by atoms with Crippen molar-refractivity contribution < 1.29 is 32.6 Å². The van der Waals surface area contributed by atoms with Gasteiger partial charge in [-0.3, -0.25) is 9.59 Å². The second kappa shape index (κ2) is 7.58. The van der Waals surface area contributed by atoms with Crippen molar-refractivity contribution in [2.24, 2.45) is 0 Å².